The summed E-state index contributed by atoms with van der Waals surface area (Å²) in [5.74, 6) is -1.54. The summed E-state index contributed by atoms with van der Waals surface area (Å²) in [6, 6.07) is 7.58. The Labute approximate surface area is 180 Å². The quantitative estimate of drug-likeness (QED) is 0.296. The van der Waals surface area contributed by atoms with Gasteiger partial charge >= 0.3 is 12.1 Å². The number of ether oxygens (including phenoxy) is 3. The van der Waals surface area contributed by atoms with Crippen LogP contribution in [0.15, 0.2) is 42.2 Å². The van der Waals surface area contributed by atoms with Crippen LogP contribution in [0.25, 0.3) is 0 Å². The molecule has 10 heteroatoms. The number of hydrogen-bond donors (Lipinski definition) is 0. The highest BCUT2D eigenvalue weighted by atomic mass is 32.2. The van der Waals surface area contributed by atoms with Crippen LogP contribution in [0.4, 0.5) is 4.79 Å². The van der Waals surface area contributed by atoms with Gasteiger partial charge in [0.25, 0.3) is 5.91 Å². The van der Waals surface area contributed by atoms with Crippen molar-refractivity contribution in [2.75, 3.05) is 0 Å². The molecule has 0 radical (unpaired) electrons. The summed E-state index contributed by atoms with van der Waals surface area (Å²) in [6.45, 7) is 7.58. The van der Waals surface area contributed by atoms with E-state index in [4.69, 9.17) is 14.2 Å². The Balaban J connectivity index is 1.79. The molecule has 31 heavy (non-hydrogen) atoms. The van der Waals surface area contributed by atoms with Crippen LogP contribution in [0.5, 0.6) is 0 Å². The number of fused-ring (bicyclic) bond motifs is 1. The van der Waals surface area contributed by atoms with Crippen molar-refractivity contribution in [2.45, 2.75) is 63.0 Å². The van der Waals surface area contributed by atoms with Gasteiger partial charge in [-0.3, -0.25) is 4.79 Å². The predicted molar refractivity (Wildman–Crippen MR) is 109 cm³/mol. The summed E-state index contributed by atoms with van der Waals surface area (Å²) in [4.78, 5) is 38.2. The lowest BCUT2D eigenvalue weighted by Crippen LogP contribution is -2.59. The van der Waals surface area contributed by atoms with Crippen LogP contribution in [0.2, 0.25) is 0 Å². The number of amides is 1. The zero-order valence-electron chi connectivity index (χ0n) is 17.9. The van der Waals surface area contributed by atoms with Gasteiger partial charge in [0, 0.05) is 0 Å². The van der Waals surface area contributed by atoms with E-state index in [0.717, 1.165) is 16.7 Å². The van der Waals surface area contributed by atoms with Gasteiger partial charge in [0.1, 0.15) is 23.2 Å². The summed E-state index contributed by atoms with van der Waals surface area (Å²) in [5.41, 5.74) is -0.329. The third-order valence-corrected chi connectivity index (χ3v) is 7.84. The van der Waals surface area contributed by atoms with E-state index >= 15 is 0 Å². The molecule has 1 aromatic rings. The molecule has 1 aromatic carbocycles. The molecule has 0 bridgehead atoms. The first-order valence-electron chi connectivity index (χ1n) is 9.64. The highest BCUT2D eigenvalue weighted by molar-refractivity contribution is 7.94. The molecule has 1 amide bonds. The Morgan fingerprint density at radius 2 is 1.77 bits per heavy atom. The summed E-state index contributed by atoms with van der Waals surface area (Å²) in [7, 11) is -4.00. The largest absolute Gasteiger partial charge is 0.513 e. The van der Waals surface area contributed by atoms with E-state index < -0.39 is 49.6 Å². The first kappa shape index (κ1) is 22.8. The van der Waals surface area contributed by atoms with Crippen LogP contribution in [-0.4, -0.2) is 53.1 Å². The fraction of sp³-hybridized carbons (Fsp3) is 0.476. The number of carbonyl (C=O) groups excluding carboxylic acids is 3. The smallest absolute Gasteiger partial charge is 0.459 e. The van der Waals surface area contributed by atoms with Gasteiger partial charge in [-0.2, -0.15) is 0 Å². The van der Waals surface area contributed by atoms with Crippen LogP contribution in [0.3, 0.4) is 0 Å². The highest BCUT2D eigenvalue weighted by Gasteiger charge is 2.70. The molecular weight excluding hydrogens is 426 g/mol. The SMILES string of the molecule is CC(C)(C)OC(=O)O/C=C1/C(=O)N2[C@@H](C(=O)OCc3ccccc3)C(C)(C)S(=O)(=O)[C@H]12. The van der Waals surface area contributed by atoms with Crippen LogP contribution >= 0.6 is 0 Å². The number of esters is 1. The Bertz CT molecular complexity index is 1040. The van der Waals surface area contributed by atoms with Crippen LogP contribution < -0.4 is 0 Å². The number of hydrogen-bond acceptors (Lipinski definition) is 8. The van der Waals surface area contributed by atoms with Gasteiger partial charge in [-0.05, 0) is 40.2 Å². The van der Waals surface area contributed by atoms with E-state index in [1.165, 1.54) is 13.8 Å². The molecule has 0 unspecified atom stereocenters. The van der Waals surface area contributed by atoms with Gasteiger partial charge in [0.2, 0.25) is 0 Å². The lowest BCUT2D eigenvalue weighted by Gasteiger charge is -2.37. The molecule has 2 saturated heterocycles. The molecule has 0 aliphatic carbocycles. The molecule has 0 saturated carbocycles. The zero-order valence-corrected chi connectivity index (χ0v) is 18.8. The minimum atomic E-state index is -4.00. The summed E-state index contributed by atoms with van der Waals surface area (Å²) < 4.78 is 39.7. The third kappa shape index (κ3) is 4.04. The Morgan fingerprint density at radius 3 is 2.35 bits per heavy atom. The minimum absolute atomic E-state index is 0.0521. The van der Waals surface area contributed by atoms with Crippen molar-refractivity contribution in [1.82, 2.24) is 4.90 Å². The van der Waals surface area contributed by atoms with Crippen molar-refractivity contribution in [2.24, 2.45) is 0 Å². The lowest BCUT2D eigenvalue weighted by molar-refractivity contribution is -0.158. The predicted octanol–water partition coefficient (Wildman–Crippen LogP) is 2.31. The van der Waals surface area contributed by atoms with E-state index in [0.29, 0.717) is 0 Å². The number of rotatable bonds is 4. The average Bonchev–Trinajstić information content (AvgIpc) is 2.80. The van der Waals surface area contributed by atoms with Gasteiger partial charge < -0.3 is 19.1 Å². The van der Waals surface area contributed by atoms with Crippen molar-refractivity contribution in [1.29, 1.82) is 0 Å². The van der Waals surface area contributed by atoms with Crippen molar-refractivity contribution in [3.63, 3.8) is 0 Å². The first-order chi connectivity index (χ1) is 14.3. The maximum Gasteiger partial charge on any atom is 0.513 e. The number of sulfone groups is 1. The lowest BCUT2D eigenvalue weighted by atomic mass is 9.96. The normalized spacial score (nSPS) is 24.9. The van der Waals surface area contributed by atoms with E-state index in [9.17, 15) is 22.8 Å². The van der Waals surface area contributed by atoms with Crippen LogP contribution in [0, 0.1) is 0 Å². The summed E-state index contributed by atoms with van der Waals surface area (Å²) in [6.07, 6.45) is -0.289. The topological polar surface area (TPSA) is 116 Å². The molecule has 9 nitrogen and oxygen atoms in total. The van der Waals surface area contributed by atoms with Gasteiger partial charge in [-0.1, -0.05) is 30.3 Å². The van der Waals surface area contributed by atoms with E-state index in [2.05, 4.69) is 0 Å². The molecule has 2 fully saturated rings. The molecule has 2 heterocycles. The van der Waals surface area contributed by atoms with E-state index in [1.807, 2.05) is 6.07 Å². The summed E-state index contributed by atoms with van der Waals surface area (Å²) in [5, 5.41) is -1.40. The maximum absolute atomic E-state index is 13.1. The third-order valence-electron chi connectivity index (χ3n) is 5.08. The van der Waals surface area contributed by atoms with Crippen LogP contribution in [-0.2, 0) is 40.2 Å². The Hall–Kier alpha value is -2.88. The van der Waals surface area contributed by atoms with Gasteiger partial charge in [-0.15, -0.1) is 0 Å². The van der Waals surface area contributed by atoms with E-state index in [-0.39, 0.29) is 12.2 Å². The molecule has 2 atom stereocenters. The number of carbonyl (C=O) groups is 3. The van der Waals surface area contributed by atoms with Gasteiger partial charge in [0.05, 0.1) is 5.57 Å². The second kappa shape index (κ2) is 7.67. The van der Waals surface area contributed by atoms with Crippen molar-refractivity contribution in [3.05, 3.63) is 47.7 Å². The van der Waals surface area contributed by atoms with Crippen molar-refractivity contribution >= 4 is 27.9 Å². The molecule has 2 aliphatic rings. The number of β-lactam (4-membered cyclic amide) rings is 1. The minimum Gasteiger partial charge on any atom is -0.459 e. The van der Waals surface area contributed by atoms with E-state index in [1.54, 1.807) is 45.0 Å². The molecule has 0 spiro atoms. The van der Waals surface area contributed by atoms with Crippen molar-refractivity contribution < 1.29 is 37.0 Å². The van der Waals surface area contributed by atoms with Gasteiger partial charge in [-0.25, -0.2) is 18.0 Å². The van der Waals surface area contributed by atoms with Crippen molar-refractivity contribution in [3.8, 4) is 0 Å². The Kier molecular flexibility index (Phi) is 5.64. The maximum atomic E-state index is 13.1. The number of nitrogens with zero attached hydrogens (tertiary/aromatic N) is 1. The van der Waals surface area contributed by atoms with Gasteiger partial charge in [0.15, 0.2) is 21.3 Å². The summed E-state index contributed by atoms with van der Waals surface area (Å²) >= 11 is 0. The molecular formula is C21H25NO8S. The zero-order chi connectivity index (χ0) is 23.2. The molecule has 168 valence electrons. The molecule has 2 aliphatic heterocycles. The molecule has 0 N–H and O–H groups in total. The fourth-order valence-electron chi connectivity index (χ4n) is 3.49. The Morgan fingerprint density at radius 1 is 1.16 bits per heavy atom. The average molecular weight is 451 g/mol. The number of benzene rings is 1. The monoisotopic (exact) mass is 451 g/mol. The first-order valence-corrected chi connectivity index (χ1v) is 11.2. The molecule has 0 aromatic heterocycles. The second-order valence-corrected chi connectivity index (χ2v) is 11.5. The second-order valence-electron chi connectivity index (χ2n) is 8.86. The van der Waals surface area contributed by atoms with Crippen LogP contribution in [0.1, 0.15) is 40.2 Å². The molecule has 3 rings (SSSR count). The fourth-order valence-corrected chi connectivity index (χ4v) is 5.60. The standard InChI is InChI=1S/C21H25NO8S/c1-20(2,3)30-19(25)29-12-14-16(23)22-15(21(4,5)31(26,27)17(14)22)18(24)28-11-13-9-7-6-8-10-13/h6-10,12,15,17H,11H2,1-5H3/b14-12-/t15-,17+/m0/s1. The highest BCUT2D eigenvalue weighted by Crippen LogP contribution is 2.48.